The summed E-state index contributed by atoms with van der Waals surface area (Å²) < 4.78 is 0. The lowest BCUT2D eigenvalue weighted by Crippen LogP contribution is -2.45. The molecular weight excluding hydrogens is 419 g/mol. The van der Waals surface area contributed by atoms with E-state index in [1.807, 2.05) is 11.3 Å². The quantitative estimate of drug-likeness (QED) is 0.358. The van der Waals surface area contributed by atoms with Crippen LogP contribution in [0.5, 0.6) is 0 Å². The Kier molecular flexibility index (Phi) is 11.9. The van der Waals surface area contributed by atoms with Crippen LogP contribution in [0.1, 0.15) is 44.4 Å². The average Bonchev–Trinajstić information content (AvgIpc) is 2.85. The molecule has 1 heterocycles. The first-order valence-corrected chi connectivity index (χ1v) is 9.09. The molecule has 1 aromatic heterocycles. The number of thiophene rings is 1. The molecule has 0 radical (unpaired) electrons. The van der Waals surface area contributed by atoms with Crippen molar-refractivity contribution in [3.05, 3.63) is 21.9 Å². The Hall–Kier alpha value is -0.340. The first-order chi connectivity index (χ1) is 10.4. The van der Waals surface area contributed by atoms with Gasteiger partial charge in [-0.25, -0.2) is 4.99 Å². The summed E-state index contributed by atoms with van der Waals surface area (Å²) in [7, 11) is 0. The van der Waals surface area contributed by atoms with Crippen molar-refractivity contribution in [1.29, 1.82) is 0 Å². The van der Waals surface area contributed by atoms with Crippen LogP contribution < -0.4 is 10.6 Å². The Morgan fingerprint density at radius 1 is 1.17 bits per heavy atom. The number of nitrogens with zero attached hydrogens (tertiary/aromatic N) is 2. The fourth-order valence-corrected chi connectivity index (χ4v) is 3.30. The van der Waals surface area contributed by atoms with Crippen molar-refractivity contribution in [2.75, 3.05) is 19.6 Å². The minimum atomic E-state index is 0. The molecule has 0 bridgehead atoms. The predicted octanol–water partition coefficient (Wildman–Crippen LogP) is 3.85. The van der Waals surface area contributed by atoms with Gasteiger partial charge in [0.25, 0.3) is 0 Å². The Morgan fingerprint density at radius 3 is 2.30 bits per heavy atom. The van der Waals surface area contributed by atoms with E-state index in [4.69, 9.17) is 0 Å². The Bertz CT molecular complexity index is 449. The van der Waals surface area contributed by atoms with Crippen molar-refractivity contribution < 1.29 is 0 Å². The highest BCUT2D eigenvalue weighted by Gasteiger charge is 2.12. The highest BCUT2D eigenvalue weighted by Crippen LogP contribution is 2.15. The summed E-state index contributed by atoms with van der Waals surface area (Å²) in [6.07, 6.45) is 0. The lowest BCUT2D eigenvalue weighted by molar-refractivity contribution is 0.178. The summed E-state index contributed by atoms with van der Waals surface area (Å²) in [5, 5.41) is 6.76. The van der Waals surface area contributed by atoms with Crippen LogP contribution in [-0.4, -0.2) is 42.6 Å². The lowest BCUT2D eigenvalue weighted by atomic mass is 10.2. The van der Waals surface area contributed by atoms with E-state index < -0.39 is 0 Å². The van der Waals surface area contributed by atoms with E-state index in [2.05, 4.69) is 74.2 Å². The lowest BCUT2D eigenvalue weighted by Gasteiger charge is -2.30. The summed E-state index contributed by atoms with van der Waals surface area (Å²) in [5.74, 6) is 0.904. The summed E-state index contributed by atoms with van der Waals surface area (Å²) >= 11 is 1.81. The molecule has 0 aliphatic heterocycles. The summed E-state index contributed by atoms with van der Waals surface area (Å²) in [4.78, 5) is 9.80. The van der Waals surface area contributed by atoms with Crippen LogP contribution in [0.3, 0.4) is 0 Å². The molecule has 0 saturated heterocycles. The largest absolute Gasteiger partial charge is 0.357 e. The molecule has 6 heteroatoms. The topological polar surface area (TPSA) is 39.7 Å². The zero-order valence-electron chi connectivity index (χ0n) is 15.3. The Balaban J connectivity index is 0.00000484. The predicted molar refractivity (Wildman–Crippen MR) is 114 cm³/mol. The van der Waals surface area contributed by atoms with E-state index in [9.17, 15) is 0 Å². The molecule has 0 aliphatic carbocycles. The summed E-state index contributed by atoms with van der Waals surface area (Å²) in [6.45, 7) is 16.8. The fraction of sp³-hybridized carbons (Fsp3) is 0.706. The van der Waals surface area contributed by atoms with Gasteiger partial charge in [0.2, 0.25) is 0 Å². The van der Waals surface area contributed by atoms with Gasteiger partial charge in [-0.3, -0.25) is 4.90 Å². The number of aliphatic imine (C=N–C) groups is 1. The van der Waals surface area contributed by atoms with Crippen molar-refractivity contribution in [3.63, 3.8) is 0 Å². The Morgan fingerprint density at radius 2 is 1.83 bits per heavy atom. The zero-order chi connectivity index (χ0) is 16.5. The number of hydrogen-bond donors (Lipinski definition) is 2. The number of guanidine groups is 1. The van der Waals surface area contributed by atoms with E-state index in [1.165, 1.54) is 9.75 Å². The number of nitrogens with one attached hydrogen (secondary N) is 2. The van der Waals surface area contributed by atoms with Gasteiger partial charge in [0, 0.05) is 41.5 Å². The van der Waals surface area contributed by atoms with Crippen LogP contribution in [0.2, 0.25) is 0 Å². The Labute approximate surface area is 163 Å². The van der Waals surface area contributed by atoms with Gasteiger partial charge >= 0.3 is 0 Å². The van der Waals surface area contributed by atoms with Gasteiger partial charge in [-0.2, -0.15) is 0 Å². The highest BCUT2D eigenvalue weighted by atomic mass is 127. The molecule has 4 nitrogen and oxygen atoms in total. The second-order valence-electron chi connectivity index (χ2n) is 6.06. The molecule has 1 aromatic rings. The number of halogens is 1. The maximum absolute atomic E-state index is 4.67. The second kappa shape index (κ2) is 12.1. The smallest absolute Gasteiger partial charge is 0.191 e. The molecule has 0 aliphatic rings. The molecule has 0 saturated carbocycles. The van der Waals surface area contributed by atoms with Crippen LogP contribution in [-0.2, 0) is 6.54 Å². The van der Waals surface area contributed by atoms with E-state index in [0.717, 1.165) is 32.1 Å². The first-order valence-electron chi connectivity index (χ1n) is 8.27. The molecule has 0 fully saturated rings. The van der Waals surface area contributed by atoms with Crippen LogP contribution in [0.25, 0.3) is 0 Å². The normalized spacial score (nSPS) is 12.0. The standard InChI is InChI=1S/C17H32N4S.HI/c1-7-18-17(20-12-16-9-8-15(6)22-16)19-10-11-21(13(2)3)14(4)5;/h8-9,13-14H,7,10-12H2,1-6H3,(H2,18,19,20);1H. The van der Waals surface area contributed by atoms with Crippen molar-refractivity contribution in [2.45, 2.75) is 60.2 Å². The van der Waals surface area contributed by atoms with Gasteiger partial charge in [0.1, 0.15) is 0 Å². The van der Waals surface area contributed by atoms with Crippen molar-refractivity contribution >= 4 is 41.3 Å². The van der Waals surface area contributed by atoms with Gasteiger partial charge in [-0.1, -0.05) is 0 Å². The van der Waals surface area contributed by atoms with Crippen molar-refractivity contribution in [2.24, 2.45) is 4.99 Å². The molecular formula is C17H33IN4S. The van der Waals surface area contributed by atoms with Crippen molar-refractivity contribution in [1.82, 2.24) is 15.5 Å². The molecule has 134 valence electrons. The van der Waals surface area contributed by atoms with E-state index >= 15 is 0 Å². The fourth-order valence-electron chi connectivity index (χ4n) is 2.48. The molecule has 2 N–H and O–H groups in total. The summed E-state index contributed by atoms with van der Waals surface area (Å²) in [6, 6.07) is 5.44. The molecule has 0 unspecified atom stereocenters. The van der Waals surface area contributed by atoms with Crippen LogP contribution >= 0.6 is 35.3 Å². The molecule has 0 aromatic carbocycles. The van der Waals surface area contributed by atoms with Gasteiger partial charge in [-0.15, -0.1) is 35.3 Å². The van der Waals surface area contributed by atoms with Crippen LogP contribution in [0, 0.1) is 6.92 Å². The maximum atomic E-state index is 4.67. The van der Waals surface area contributed by atoms with E-state index in [1.54, 1.807) is 0 Å². The molecule has 0 spiro atoms. The third-order valence-corrected chi connectivity index (χ3v) is 4.51. The van der Waals surface area contributed by atoms with Crippen LogP contribution in [0.15, 0.2) is 17.1 Å². The van der Waals surface area contributed by atoms with Gasteiger partial charge < -0.3 is 10.6 Å². The SMILES string of the molecule is CCNC(=NCc1ccc(C)s1)NCCN(C(C)C)C(C)C.I. The third kappa shape index (κ3) is 8.91. The number of rotatable bonds is 8. The van der Waals surface area contributed by atoms with Gasteiger partial charge in [0.15, 0.2) is 5.96 Å². The molecule has 0 amide bonds. The minimum absolute atomic E-state index is 0. The first kappa shape index (κ1) is 22.7. The highest BCUT2D eigenvalue weighted by molar-refractivity contribution is 14.0. The van der Waals surface area contributed by atoms with E-state index in [-0.39, 0.29) is 24.0 Å². The van der Waals surface area contributed by atoms with E-state index in [0.29, 0.717) is 12.1 Å². The summed E-state index contributed by atoms with van der Waals surface area (Å²) in [5.41, 5.74) is 0. The number of aryl methyl sites for hydroxylation is 1. The molecule has 0 atom stereocenters. The third-order valence-electron chi connectivity index (χ3n) is 3.52. The molecule has 1 rings (SSSR count). The average molecular weight is 452 g/mol. The van der Waals surface area contributed by atoms with Crippen LogP contribution in [0.4, 0.5) is 0 Å². The maximum Gasteiger partial charge on any atom is 0.191 e. The van der Waals surface area contributed by atoms with Gasteiger partial charge in [0.05, 0.1) is 6.54 Å². The van der Waals surface area contributed by atoms with Crippen molar-refractivity contribution in [3.8, 4) is 0 Å². The zero-order valence-corrected chi connectivity index (χ0v) is 18.5. The second-order valence-corrected chi connectivity index (χ2v) is 7.43. The minimum Gasteiger partial charge on any atom is -0.357 e. The van der Waals surface area contributed by atoms with Gasteiger partial charge in [-0.05, 0) is 53.7 Å². The number of hydrogen-bond acceptors (Lipinski definition) is 3. The molecule has 23 heavy (non-hydrogen) atoms. The monoisotopic (exact) mass is 452 g/mol.